The van der Waals surface area contributed by atoms with Crippen molar-refractivity contribution in [3.05, 3.63) is 83.2 Å². The Morgan fingerprint density at radius 3 is 2.23 bits per heavy atom. The van der Waals surface area contributed by atoms with Gasteiger partial charge in [0.15, 0.2) is 11.6 Å². The molecule has 0 amide bonds. The van der Waals surface area contributed by atoms with Gasteiger partial charge in [0.25, 0.3) is 0 Å². The van der Waals surface area contributed by atoms with Crippen LogP contribution in [-0.4, -0.2) is 24.3 Å². The van der Waals surface area contributed by atoms with Gasteiger partial charge in [-0.05, 0) is 79.8 Å². The third-order valence-corrected chi connectivity index (χ3v) is 6.50. The van der Waals surface area contributed by atoms with Gasteiger partial charge in [0.05, 0.1) is 12.2 Å². The van der Waals surface area contributed by atoms with Crippen molar-refractivity contribution in [2.75, 3.05) is 13.2 Å². The average molecular weight is 485 g/mol. The zero-order chi connectivity index (χ0) is 24.9. The first-order chi connectivity index (χ1) is 16.9. The van der Waals surface area contributed by atoms with E-state index >= 15 is 0 Å². The summed E-state index contributed by atoms with van der Waals surface area (Å²) in [6.07, 6.45) is 3.03. The van der Waals surface area contributed by atoms with Crippen LogP contribution in [-0.2, 0) is 0 Å². The molecule has 0 unspecified atom stereocenters. The summed E-state index contributed by atoms with van der Waals surface area (Å²) in [5.41, 5.74) is 0.648. The van der Waals surface area contributed by atoms with E-state index in [4.69, 9.17) is 9.47 Å². The summed E-state index contributed by atoms with van der Waals surface area (Å²) in [5, 5.41) is 9.29. The summed E-state index contributed by atoms with van der Waals surface area (Å²) in [6.45, 7) is 2.26. The average Bonchev–Trinajstić information content (AvgIpc) is 2.86. The number of aliphatic hydroxyl groups is 1. The van der Waals surface area contributed by atoms with Crippen molar-refractivity contribution in [2.45, 2.75) is 38.5 Å². The van der Waals surface area contributed by atoms with Crippen molar-refractivity contribution in [3.63, 3.8) is 0 Å². The summed E-state index contributed by atoms with van der Waals surface area (Å²) < 4.78 is 54.6. The SMILES string of the molecule is CCOc1ccc(C(=O)Oc2ccc(-c3ccc(C4CCC(CO)CC4)c(F)c3F)cc2)c(F)c1. The number of esters is 1. The summed E-state index contributed by atoms with van der Waals surface area (Å²) in [5.74, 6) is -2.79. The zero-order valence-corrected chi connectivity index (χ0v) is 19.4. The fourth-order valence-electron chi connectivity index (χ4n) is 4.54. The second-order valence-electron chi connectivity index (χ2n) is 8.72. The molecule has 1 fully saturated rings. The molecule has 1 aliphatic rings. The summed E-state index contributed by atoms with van der Waals surface area (Å²) in [4.78, 5) is 12.4. The number of aliphatic hydroxyl groups excluding tert-OH is 1. The molecule has 4 rings (SSSR count). The van der Waals surface area contributed by atoms with Gasteiger partial charge in [-0.1, -0.05) is 24.3 Å². The maximum Gasteiger partial charge on any atom is 0.346 e. The van der Waals surface area contributed by atoms with Crippen LogP contribution in [0, 0.1) is 23.4 Å². The molecular weight excluding hydrogens is 457 g/mol. The van der Waals surface area contributed by atoms with Crippen LogP contribution in [0.15, 0.2) is 54.6 Å². The van der Waals surface area contributed by atoms with E-state index in [0.717, 1.165) is 31.7 Å². The Morgan fingerprint density at radius 1 is 0.914 bits per heavy atom. The lowest BCUT2D eigenvalue weighted by Crippen LogP contribution is -2.17. The molecule has 0 aliphatic heterocycles. The number of benzene rings is 3. The Labute approximate surface area is 202 Å². The smallest absolute Gasteiger partial charge is 0.346 e. The highest BCUT2D eigenvalue weighted by molar-refractivity contribution is 5.91. The Bertz CT molecular complexity index is 1190. The quantitative estimate of drug-likeness (QED) is 0.301. The van der Waals surface area contributed by atoms with E-state index in [-0.39, 0.29) is 35.3 Å². The van der Waals surface area contributed by atoms with Crippen LogP contribution in [0.3, 0.4) is 0 Å². The van der Waals surface area contributed by atoms with E-state index in [9.17, 15) is 23.1 Å². The lowest BCUT2D eigenvalue weighted by Gasteiger charge is -2.28. The van der Waals surface area contributed by atoms with Gasteiger partial charge in [0, 0.05) is 18.2 Å². The van der Waals surface area contributed by atoms with Crippen LogP contribution in [0.1, 0.15) is 54.4 Å². The highest BCUT2D eigenvalue weighted by Crippen LogP contribution is 2.39. The van der Waals surface area contributed by atoms with Crippen molar-refractivity contribution < 1.29 is 32.5 Å². The molecule has 0 bridgehead atoms. The largest absolute Gasteiger partial charge is 0.494 e. The maximum absolute atomic E-state index is 15.0. The second kappa shape index (κ2) is 11.0. The number of halogens is 3. The minimum atomic E-state index is -0.923. The van der Waals surface area contributed by atoms with Crippen LogP contribution >= 0.6 is 0 Å². The lowest BCUT2D eigenvalue weighted by molar-refractivity contribution is 0.0730. The first kappa shape index (κ1) is 24.8. The molecular formula is C28H27F3O4. The van der Waals surface area contributed by atoms with Crippen molar-refractivity contribution >= 4 is 5.97 Å². The van der Waals surface area contributed by atoms with Gasteiger partial charge in [-0.3, -0.25) is 0 Å². The lowest BCUT2D eigenvalue weighted by atomic mass is 9.78. The molecule has 35 heavy (non-hydrogen) atoms. The van der Waals surface area contributed by atoms with Gasteiger partial charge in [0.2, 0.25) is 0 Å². The second-order valence-corrected chi connectivity index (χ2v) is 8.72. The molecule has 4 nitrogen and oxygen atoms in total. The summed E-state index contributed by atoms with van der Waals surface area (Å²) >= 11 is 0. The highest BCUT2D eigenvalue weighted by Gasteiger charge is 2.26. The first-order valence-corrected chi connectivity index (χ1v) is 11.7. The Hall–Kier alpha value is -3.32. The van der Waals surface area contributed by atoms with Gasteiger partial charge in [-0.25, -0.2) is 18.0 Å². The first-order valence-electron chi connectivity index (χ1n) is 11.7. The number of carbonyl (C=O) groups excluding carboxylic acids is 1. The summed E-state index contributed by atoms with van der Waals surface area (Å²) in [7, 11) is 0. The van der Waals surface area contributed by atoms with E-state index in [0.29, 0.717) is 23.5 Å². The molecule has 3 aromatic carbocycles. The number of hydrogen-bond donors (Lipinski definition) is 1. The predicted octanol–water partition coefficient (Wildman–Crippen LogP) is 6.65. The number of hydrogen-bond acceptors (Lipinski definition) is 4. The van der Waals surface area contributed by atoms with E-state index in [1.54, 1.807) is 19.1 Å². The molecule has 184 valence electrons. The predicted molar refractivity (Wildman–Crippen MR) is 126 cm³/mol. The molecule has 0 heterocycles. The van der Waals surface area contributed by atoms with Gasteiger partial charge < -0.3 is 14.6 Å². The Balaban J connectivity index is 1.47. The van der Waals surface area contributed by atoms with Crippen LogP contribution in [0.4, 0.5) is 13.2 Å². The van der Waals surface area contributed by atoms with Crippen LogP contribution in [0.2, 0.25) is 0 Å². The van der Waals surface area contributed by atoms with Crippen molar-refractivity contribution in [1.29, 1.82) is 0 Å². The minimum Gasteiger partial charge on any atom is -0.494 e. The maximum atomic E-state index is 15.0. The highest BCUT2D eigenvalue weighted by atomic mass is 19.2. The van der Waals surface area contributed by atoms with Gasteiger partial charge in [-0.15, -0.1) is 0 Å². The Morgan fingerprint density at radius 2 is 1.60 bits per heavy atom. The number of ether oxygens (including phenoxy) is 2. The molecule has 1 aliphatic carbocycles. The molecule has 7 heteroatoms. The molecule has 1 saturated carbocycles. The van der Waals surface area contributed by atoms with Gasteiger partial charge in [0.1, 0.15) is 17.3 Å². The third kappa shape index (κ3) is 5.51. The molecule has 1 N–H and O–H groups in total. The fourth-order valence-corrected chi connectivity index (χ4v) is 4.54. The number of rotatable bonds is 7. The Kier molecular flexibility index (Phi) is 7.76. The molecule has 0 radical (unpaired) electrons. The van der Waals surface area contributed by atoms with E-state index < -0.39 is 23.4 Å². The normalized spacial score (nSPS) is 17.7. The molecule has 0 aromatic heterocycles. The van der Waals surface area contributed by atoms with E-state index in [2.05, 4.69) is 0 Å². The van der Waals surface area contributed by atoms with Crippen LogP contribution in [0.5, 0.6) is 11.5 Å². The molecule has 0 saturated heterocycles. The van der Waals surface area contributed by atoms with E-state index in [1.165, 1.54) is 36.4 Å². The van der Waals surface area contributed by atoms with Gasteiger partial charge >= 0.3 is 5.97 Å². The monoisotopic (exact) mass is 484 g/mol. The van der Waals surface area contributed by atoms with Crippen molar-refractivity contribution in [1.82, 2.24) is 0 Å². The van der Waals surface area contributed by atoms with Crippen molar-refractivity contribution in [2.24, 2.45) is 5.92 Å². The van der Waals surface area contributed by atoms with Crippen LogP contribution in [0.25, 0.3) is 11.1 Å². The fraction of sp³-hybridized carbons (Fsp3) is 0.321. The summed E-state index contributed by atoms with van der Waals surface area (Å²) in [6, 6.07) is 13.0. The van der Waals surface area contributed by atoms with Gasteiger partial charge in [-0.2, -0.15) is 0 Å². The topological polar surface area (TPSA) is 55.8 Å². The van der Waals surface area contributed by atoms with E-state index in [1.807, 2.05) is 0 Å². The number of carbonyl (C=O) groups is 1. The standard InChI is InChI=1S/C28H27F3O4/c1-2-34-21-11-12-24(25(29)15-21)28(33)35-20-9-7-19(8-10-20)23-14-13-22(26(30)27(23)31)18-5-3-17(16-32)4-6-18/h7-15,17-18,32H,2-6,16H2,1H3. The molecule has 0 spiro atoms. The zero-order valence-electron chi connectivity index (χ0n) is 19.4. The van der Waals surface area contributed by atoms with Crippen molar-refractivity contribution in [3.8, 4) is 22.6 Å². The van der Waals surface area contributed by atoms with Crippen LogP contribution < -0.4 is 9.47 Å². The third-order valence-electron chi connectivity index (χ3n) is 6.50. The molecule has 3 aromatic rings. The minimum absolute atomic E-state index is 0.0638. The molecule has 0 atom stereocenters.